The first kappa shape index (κ1) is 19.8. The number of sulfone groups is 1. The Kier molecular flexibility index (Phi) is 5.69. The van der Waals surface area contributed by atoms with E-state index in [4.69, 9.17) is 0 Å². The Bertz CT molecular complexity index is 918. The summed E-state index contributed by atoms with van der Waals surface area (Å²) >= 11 is 1.63. The molecular weight excluding hydrogens is 396 g/mol. The highest BCUT2D eigenvalue weighted by molar-refractivity contribution is 7.91. The van der Waals surface area contributed by atoms with Gasteiger partial charge in [-0.3, -0.25) is 14.6 Å². The van der Waals surface area contributed by atoms with Crippen LogP contribution in [0.3, 0.4) is 0 Å². The molecule has 0 N–H and O–H groups in total. The van der Waals surface area contributed by atoms with Crippen LogP contribution in [-0.2, 0) is 21.2 Å². The SMILES string of the molecule is CN(Cc1nc2ccccc2s1)C(=O)CN1CCN([C@@H]2CCS(=O)(=O)C2)CC1. The lowest BCUT2D eigenvalue weighted by atomic mass is 10.2. The van der Waals surface area contributed by atoms with Gasteiger partial charge in [0.25, 0.3) is 0 Å². The van der Waals surface area contributed by atoms with E-state index in [-0.39, 0.29) is 17.7 Å². The maximum Gasteiger partial charge on any atom is 0.236 e. The number of rotatable bonds is 5. The molecule has 2 fully saturated rings. The first-order chi connectivity index (χ1) is 13.4. The van der Waals surface area contributed by atoms with Crippen LogP contribution in [0.25, 0.3) is 10.2 Å². The number of piperazine rings is 1. The summed E-state index contributed by atoms with van der Waals surface area (Å²) in [6.45, 7) is 4.19. The fourth-order valence-electron chi connectivity index (χ4n) is 3.94. The number of para-hydroxylation sites is 1. The van der Waals surface area contributed by atoms with Crippen molar-refractivity contribution in [3.8, 4) is 0 Å². The molecule has 2 aliphatic rings. The van der Waals surface area contributed by atoms with Gasteiger partial charge in [-0.25, -0.2) is 13.4 Å². The average Bonchev–Trinajstić information content (AvgIpc) is 3.24. The van der Waals surface area contributed by atoms with Crippen LogP contribution < -0.4 is 0 Å². The van der Waals surface area contributed by atoms with E-state index in [1.165, 1.54) is 0 Å². The van der Waals surface area contributed by atoms with Gasteiger partial charge in [-0.1, -0.05) is 12.1 Å². The van der Waals surface area contributed by atoms with Crippen molar-refractivity contribution in [2.24, 2.45) is 0 Å². The highest BCUT2D eigenvalue weighted by atomic mass is 32.2. The van der Waals surface area contributed by atoms with Crippen molar-refractivity contribution in [3.05, 3.63) is 29.3 Å². The van der Waals surface area contributed by atoms with Gasteiger partial charge in [-0.2, -0.15) is 0 Å². The highest BCUT2D eigenvalue weighted by Crippen LogP contribution is 2.22. The summed E-state index contributed by atoms with van der Waals surface area (Å²) in [6, 6.07) is 8.17. The second-order valence-corrected chi connectivity index (χ2v) is 11.0. The normalized spacial score (nSPS) is 23.2. The molecule has 3 heterocycles. The molecule has 1 aromatic heterocycles. The monoisotopic (exact) mass is 422 g/mol. The van der Waals surface area contributed by atoms with Gasteiger partial charge in [-0.15, -0.1) is 11.3 Å². The molecule has 0 bridgehead atoms. The van der Waals surface area contributed by atoms with Gasteiger partial charge in [0.1, 0.15) is 5.01 Å². The lowest BCUT2D eigenvalue weighted by Crippen LogP contribution is -2.52. The minimum atomic E-state index is -2.85. The average molecular weight is 423 g/mol. The molecule has 7 nitrogen and oxygen atoms in total. The summed E-state index contributed by atoms with van der Waals surface area (Å²) < 4.78 is 24.5. The van der Waals surface area contributed by atoms with Gasteiger partial charge in [0.2, 0.25) is 5.91 Å². The number of nitrogens with zero attached hydrogens (tertiary/aromatic N) is 4. The van der Waals surface area contributed by atoms with Crippen LogP contribution in [0.2, 0.25) is 0 Å². The maximum atomic E-state index is 12.6. The van der Waals surface area contributed by atoms with Gasteiger partial charge in [0.15, 0.2) is 9.84 Å². The topological polar surface area (TPSA) is 73.8 Å². The predicted octanol–water partition coefficient (Wildman–Crippen LogP) is 1.06. The molecule has 0 spiro atoms. The van der Waals surface area contributed by atoms with Crippen LogP contribution >= 0.6 is 11.3 Å². The molecular formula is C19H26N4O3S2. The van der Waals surface area contributed by atoms with E-state index < -0.39 is 9.84 Å². The number of fused-ring (bicyclic) bond motifs is 1. The summed E-state index contributed by atoms with van der Waals surface area (Å²) in [5, 5.41) is 0.948. The van der Waals surface area contributed by atoms with Crippen LogP contribution in [0.5, 0.6) is 0 Å². The molecule has 0 aliphatic carbocycles. The summed E-state index contributed by atoms with van der Waals surface area (Å²) in [5.74, 6) is 0.695. The number of hydrogen-bond donors (Lipinski definition) is 0. The third-order valence-electron chi connectivity index (χ3n) is 5.63. The van der Waals surface area contributed by atoms with E-state index in [1.54, 1.807) is 16.2 Å². The fourth-order valence-corrected chi connectivity index (χ4v) is 6.72. The Morgan fingerprint density at radius 3 is 2.68 bits per heavy atom. The molecule has 2 saturated heterocycles. The molecule has 0 unspecified atom stereocenters. The van der Waals surface area contributed by atoms with Crippen molar-refractivity contribution in [1.29, 1.82) is 0 Å². The van der Waals surface area contributed by atoms with Crippen LogP contribution in [0.4, 0.5) is 0 Å². The van der Waals surface area contributed by atoms with Gasteiger partial charge < -0.3 is 4.90 Å². The van der Waals surface area contributed by atoms with E-state index in [0.717, 1.165) is 47.8 Å². The van der Waals surface area contributed by atoms with E-state index in [2.05, 4.69) is 14.8 Å². The molecule has 4 rings (SSSR count). The van der Waals surface area contributed by atoms with Crippen molar-refractivity contribution in [2.45, 2.75) is 19.0 Å². The number of amides is 1. The molecule has 9 heteroatoms. The first-order valence-electron chi connectivity index (χ1n) is 9.65. The second kappa shape index (κ2) is 8.06. The first-order valence-corrected chi connectivity index (χ1v) is 12.3. The summed E-state index contributed by atoms with van der Waals surface area (Å²) in [6.07, 6.45) is 0.742. The number of likely N-dealkylation sites (N-methyl/N-ethyl adjacent to an activating group) is 1. The second-order valence-electron chi connectivity index (χ2n) is 7.69. The zero-order valence-corrected chi connectivity index (χ0v) is 17.7. The molecule has 1 aromatic carbocycles. The quantitative estimate of drug-likeness (QED) is 0.717. The zero-order chi connectivity index (χ0) is 19.7. The number of thiazole rings is 1. The van der Waals surface area contributed by atoms with Crippen LogP contribution in [-0.4, -0.2) is 91.3 Å². The van der Waals surface area contributed by atoms with Crippen molar-refractivity contribution >= 4 is 37.3 Å². The lowest BCUT2D eigenvalue weighted by molar-refractivity contribution is -0.132. The maximum absolute atomic E-state index is 12.6. The number of benzene rings is 1. The molecule has 0 saturated carbocycles. The van der Waals surface area contributed by atoms with Gasteiger partial charge in [-0.05, 0) is 18.6 Å². The van der Waals surface area contributed by atoms with Gasteiger partial charge in [0.05, 0.1) is 34.8 Å². The highest BCUT2D eigenvalue weighted by Gasteiger charge is 2.34. The number of carbonyl (C=O) groups is 1. The fraction of sp³-hybridized carbons (Fsp3) is 0.579. The molecule has 152 valence electrons. The minimum absolute atomic E-state index is 0.0937. The van der Waals surface area contributed by atoms with Gasteiger partial charge in [0, 0.05) is 39.3 Å². The van der Waals surface area contributed by atoms with E-state index in [0.29, 0.717) is 18.8 Å². The minimum Gasteiger partial charge on any atom is -0.338 e. The Labute approximate surface area is 169 Å². The largest absolute Gasteiger partial charge is 0.338 e. The van der Waals surface area contributed by atoms with Crippen molar-refractivity contribution in [2.75, 3.05) is 51.3 Å². The van der Waals surface area contributed by atoms with Crippen molar-refractivity contribution < 1.29 is 13.2 Å². The summed E-state index contributed by atoms with van der Waals surface area (Å²) in [7, 11) is -1.02. The van der Waals surface area contributed by atoms with Crippen molar-refractivity contribution in [3.63, 3.8) is 0 Å². The number of hydrogen-bond acceptors (Lipinski definition) is 7. The smallest absolute Gasteiger partial charge is 0.236 e. The zero-order valence-electron chi connectivity index (χ0n) is 16.1. The summed E-state index contributed by atoms with van der Waals surface area (Å²) in [5.41, 5.74) is 0.980. The molecule has 1 atom stereocenters. The van der Waals surface area contributed by atoms with Crippen LogP contribution in [0.1, 0.15) is 11.4 Å². The van der Waals surface area contributed by atoms with Crippen molar-refractivity contribution in [1.82, 2.24) is 19.7 Å². The molecule has 1 amide bonds. The standard InChI is InChI=1S/C19H26N4O3S2/c1-21(12-18-20-16-4-2-3-5-17(16)27-18)19(24)13-22-7-9-23(10-8-22)15-6-11-28(25,26)14-15/h2-5,15H,6-14H2,1H3/t15-/m1/s1. The third-order valence-corrected chi connectivity index (χ3v) is 8.40. The molecule has 28 heavy (non-hydrogen) atoms. The Balaban J connectivity index is 1.26. The number of aromatic nitrogens is 1. The molecule has 2 aromatic rings. The number of carbonyl (C=O) groups excluding carboxylic acids is 1. The Morgan fingerprint density at radius 1 is 1.25 bits per heavy atom. The van der Waals surface area contributed by atoms with Crippen LogP contribution in [0, 0.1) is 0 Å². The lowest BCUT2D eigenvalue weighted by Gasteiger charge is -2.37. The van der Waals surface area contributed by atoms with E-state index >= 15 is 0 Å². The molecule has 2 aliphatic heterocycles. The molecule has 0 radical (unpaired) electrons. The van der Waals surface area contributed by atoms with E-state index in [9.17, 15) is 13.2 Å². The Hall–Kier alpha value is -1.55. The Morgan fingerprint density at radius 2 is 2.00 bits per heavy atom. The predicted molar refractivity (Wildman–Crippen MR) is 111 cm³/mol. The summed E-state index contributed by atoms with van der Waals surface area (Å²) in [4.78, 5) is 23.4. The van der Waals surface area contributed by atoms with E-state index in [1.807, 2.05) is 31.3 Å². The van der Waals surface area contributed by atoms with Gasteiger partial charge >= 0.3 is 0 Å². The van der Waals surface area contributed by atoms with Crippen LogP contribution in [0.15, 0.2) is 24.3 Å². The third kappa shape index (κ3) is 4.53.